The van der Waals surface area contributed by atoms with E-state index in [9.17, 15) is 4.79 Å². The van der Waals surface area contributed by atoms with Crippen LogP contribution in [0.3, 0.4) is 0 Å². The highest BCUT2D eigenvalue weighted by Gasteiger charge is 2.21. The molecule has 27 heavy (non-hydrogen) atoms. The Morgan fingerprint density at radius 1 is 1.19 bits per heavy atom. The molecule has 0 radical (unpaired) electrons. The van der Waals surface area contributed by atoms with Crippen molar-refractivity contribution in [2.24, 2.45) is 5.73 Å². The van der Waals surface area contributed by atoms with Gasteiger partial charge in [-0.05, 0) is 56.9 Å². The Kier molecular flexibility index (Phi) is 6.65. The number of ether oxygens (including phenoxy) is 2. The molecule has 2 aromatic rings. The highest BCUT2D eigenvalue weighted by molar-refractivity contribution is 5.95. The zero-order chi connectivity index (χ0) is 19.1. The maximum Gasteiger partial charge on any atom is 0.251 e. The van der Waals surface area contributed by atoms with Crippen LogP contribution in [-0.4, -0.2) is 29.6 Å². The number of pyridine rings is 1. The smallest absolute Gasteiger partial charge is 0.251 e. The Balaban J connectivity index is 1.66. The van der Waals surface area contributed by atoms with Crippen molar-refractivity contribution in [1.82, 2.24) is 10.3 Å². The van der Waals surface area contributed by atoms with Crippen molar-refractivity contribution in [3.8, 4) is 11.5 Å². The molecule has 0 atom stereocenters. The number of carbonyl (C=O) groups excluding carboxylic acids is 1. The van der Waals surface area contributed by atoms with Crippen LogP contribution in [0.1, 0.15) is 48.5 Å². The van der Waals surface area contributed by atoms with Gasteiger partial charge in [0.05, 0.1) is 6.61 Å². The van der Waals surface area contributed by atoms with Gasteiger partial charge in [-0.3, -0.25) is 9.78 Å². The Hall–Kier alpha value is -2.60. The van der Waals surface area contributed by atoms with Gasteiger partial charge >= 0.3 is 0 Å². The minimum Gasteiger partial charge on any atom is -0.490 e. The summed E-state index contributed by atoms with van der Waals surface area (Å²) in [5.41, 5.74) is 7.47. The van der Waals surface area contributed by atoms with E-state index in [2.05, 4.69) is 10.3 Å². The van der Waals surface area contributed by atoms with Gasteiger partial charge in [-0.15, -0.1) is 0 Å². The lowest BCUT2D eigenvalue weighted by Gasteiger charge is -2.26. The Morgan fingerprint density at radius 3 is 2.70 bits per heavy atom. The molecule has 1 aromatic carbocycles. The van der Waals surface area contributed by atoms with Gasteiger partial charge < -0.3 is 20.5 Å². The van der Waals surface area contributed by atoms with Crippen molar-refractivity contribution in [2.75, 3.05) is 6.61 Å². The summed E-state index contributed by atoms with van der Waals surface area (Å²) in [7, 11) is 0. The van der Waals surface area contributed by atoms with E-state index in [0.717, 1.165) is 31.2 Å². The second kappa shape index (κ2) is 9.37. The van der Waals surface area contributed by atoms with Crippen LogP contribution in [0.25, 0.3) is 0 Å². The molecule has 6 nitrogen and oxygen atoms in total. The quantitative estimate of drug-likeness (QED) is 0.783. The average Bonchev–Trinajstić information content (AvgIpc) is 2.69. The van der Waals surface area contributed by atoms with Crippen LogP contribution in [-0.2, 0) is 6.61 Å². The predicted octanol–water partition coefficient (Wildman–Crippen LogP) is 3.06. The van der Waals surface area contributed by atoms with E-state index >= 15 is 0 Å². The molecule has 0 saturated heterocycles. The number of nitrogens with one attached hydrogen (secondary N) is 1. The van der Waals surface area contributed by atoms with Gasteiger partial charge in [-0.1, -0.05) is 6.07 Å². The van der Waals surface area contributed by atoms with E-state index in [-0.39, 0.29) is 18.0 Å². The zero-order valence-electron chi connectivity index (χ0n) is 15.7. The van der Waals surface area contributed by atoms with E-state index in [1.54, 1.807) is 30.6 Å². The van der Waals surface area contributed by atoms with E-state index < -0.39 is 0 Å². The summed E-state index contributed by atoms with van der Waals surface area (Å²) in [5.74, 6) is 1.09. The fraction of sp³-hybridized carbons (Fsp3) is 0.429. The van der Waals surface area contributed by atoms with E-state index in [0.29, 0.717) is 30.3 Å². The first-order chi connectivity index (χ1) is 13.2. The van der Waals surface area contributed by atoms with E-state index in [4.69, 9.17) is 15.2 Å². The van der Waals surface area contributed by atoms with Crippen LogP contribution in [0, 0.1) is 0 Å². The van der Waals surface area contributed by atoms with Crippen molar-refractivity contribution in [3.05, 3.63) is 53.9 Å². The summed E-state index contributed by atoms with van der Waals surface area (Å²) in [6.45, 7) is 2.79. The third-order valence-corrected chi connectivity index (χ3v) is 4.73. The SMILES string of the molecule is CCOc1cc(C(=O)NC2CCC(N)CC2)ccc1OCc1cccnc1. The standard InChI is InChI=1S/C21H27N3O3/c1-2-26-20-12-16(21(25)24-18-8-6-17(22)7-9-18)5-10-19(20)27-14-15-4-3-11-23-13-15/h3-5,10-13,17-18H,2,6-9,14,22H2,1H3,(H,24,25). The molecule has 1 saturated carbocycles. The normalized spacial score (nSPS) is 19.3. The third kappa shape index (κ3) is 5.44. The largest absolute Gasteiger partial charge is 0.490 e. The number of carbonyl (C=O) groups is 1. The van der Waals surface area contributed by atoms with Crippen LogP contribution >= 0.6 is 0 Å². The van der Waals surface area contributed by atoms with Crippen molar-refractivity contribution < 1.29 is 14.3 Å². The van der Waals surface area contributed by atoms with E-state index in [1.807, 2.05) is 19.1 Å². The van der Waals surface area contributed by atoms with Gasteiger partial charge in [-0.25, -0.2) is 0 Å². The van der Waals surface area contributed by atoms with Gasteiger partial charge in [0.25, 0.3) is 5.91 Å². The first kappa shape index (κ1) is 19.2. The van der Waals surface area contributed by atoms with Crippen molar-refractivity contribution >= 4 is 5.91 Å². The van der Waals surface area contributed by atoms with Crippen LogP contribution < -0.4 is 20.5 Å². The lowest BCUT2D eigenvalue weighted by atomic mass is 9.91. The molecule has 6 heteroatoms. The highest BCUT2D eigenvalue weighted by atomic mass is 16.5. The van der Waals surface area contributed by atoms with Crippen molar-refractivity contribution in [3.63, 3.8) is 0 Å². The van der Waals surface area contributed by atoms with Gasteiger partial charge in [0.15, 0.2) is 11.5 Å². The third-order valence-electron chi connectivity index (χ3n) is 4.73. The Bertz CT molecular complexity index is 744. The predicted molar refractivity (Wildman–Crippen MR) is 104 cm³/mol. The summed E-state index contributed by atoms with van der Waals surface area (Å²) in [5, 5.41) is 3.10. The van der Waals surface area contributed by atoms with Gasteiger partial charge in [0, 0.05) is 35.6 Å². The van der Waals surface area contributed by atoms with Gasteiger partial charge in [-0.2, -0.15) is 0 Å². The molecule has 1 fully saturated rings. The average molecular weight is 369 g/mol. The number of hydrogen-bond acceptors (Lipinski definition) is 5. The molecule has 1 aliphatic rings. The van der Waals surface area contributed by atoms with Crippen LogP contribution in [0.15, 0.2) is 42.7 Å². The van der Waals surface area contributed by atoms with Crippen LogP contribution in [0.2, 0.25) is 0 Å². The number of nitrogens with zero attached hydrogens (tertiary/aromatic N) is 1. The number of benzene rings is 1. The number of aromatic nitrogens is 1. The fourth-order valence-electron chi connectivity index (χ4n) is 3.21. The molecular formula is C21H27N3O3. The van der Waals surface area contributed by atoms with Crippen molar-refractivity contribution in [1.29, 1.82) is 0 Å². The summed E-state index contributed by atoms with van der Waals surface area (Å²) >= 11 is 0. The minimum absolute atomic E-state index is 0.0877. The summed E-state index contributed by atoms with van der Waals surface area (Å²) in [6, 6.07) is 9.57. The molecule has 0 bridgehead atoms. The Labute approximate surface area is 160 Å². The molecule has 0 unspecified atom stereocenters. The maximum absolute atomic E-state index is 12.6. The molecule has 1 amide bonds. The monoisotopic (exact) mass is 369 g/mol. The van der Waals surface area contributed by atoms with Gasteiger partial charge in [0.1, 0.15) is 6.61 Å². The molecule has 1 aromatic heterocycles. The molecule has 3 N–H and O–H groups in total. The fourth-order valence-corrected chi connectivity index (χ4v) is 3.21. The first-order valence-electron chi connectivity index (χ1n) is 9.50. The van der Waals surface area contributed by atoms with E-state index in [1.165, 1.54) is 0 Å². The minimum atomic E-state index is -0.0877. The summed E-state index contributed by atoms with van der Waals surface area (Å²) in [6.07, 6.45) is 7.25. The van der Waals surface area contributed by atoms with Crippen LogP contribution in [0.4, 0.5) is 0 Å². The molecule has 3 rings (SSSR count). The topological polar surface area (TPSA) is 86.5 Å². The second-order valence-electron chi connectivity index (χ2n) is 6.83. The van der Waals surface area contributed by atoms with Crippen LogP contribution in [0.5, 0.6) is 11.5 Å². The molecular weight excluding hydrogens is 342 g/mol. The Morgan fingerprint density at radius 2 is 2.00 bits per heavy atom. The highest BCUT2D eigenvalue weighted by Crippen LogP contribution is 2.29. The summed E-state index contributed by atoms with van der Waals surface area (Å²) in [4.78, 5) is 16.7. The molecule has 144 valence electrons. The number of amides is 1. The second-order valence-corrected chi connectivity index (χ2v) is 6.83. The number of hydrogen-bond donors (Lipinski definition) is 2. The maximum atomic E-state index is 12.6. The lowest BCUT2D eigenvalue weighted by Crippen LogP contribution is -2.40. The first-order valence-corrected chi connectivity index (χ1v) is 9.50. The zero-order valence-corrected chi connectivity index (χ0v) is 15.7. The molecule has 0 aliphatic heterocycles. The molecule has 0 spiro atoms. The number of nitrogens with two attached hydrogens (primary N) is 1. The van der Waals surface area contributed by atoms with Crippen molar-refractivity contribution in [2.45, 2.75) is 51.3 Å². The number of rotatable bonds is 7. The van der Waals surface area contributed by atoms with Gasteiger partial charge in [0.2, 0.25) is 0 Å². The summed E-state index contributed by atoms with van der Waals surface area (Å²) < 4.78 is 11.5. The molecule has 1 aliphatic carbocycles. The lowest BCUT2D eigenvalue weighted by molar-refractivity contribution is 0.0925. The molecule has 1 heterocycles.